The molecule has 4 rings (SSSR count). The summed E-state index contributed by atoms with van der Waals surface area (Å²) < 4.78 is 1.82. The van der Waals surface area contributed by atoms with E-state index in [9.17, 15) is 5.11 Å². The molecule has 96 valence electrons. The van der Waals surface area contributed by atoms with Crippen LogP contribution in [-0.2, 0) is 0 Å². The van der Waals surface area contributed by atoms with Gasteiger partial charge >= 0.3 is 0 Å². The maximum atomic E-state index is 9.96. The van der Waals surface area contributed by atoms with Crippen molar-refractivity contribution in [3.8, 4) is 16.3 Å². The number of rotatable bonds is 2. The number of aromatic nitrogens is 4. The van der Waals surface area contributed by atoms with E-state index in [1.807, 2.05) is 23.6 Å². The van der Waals surface area contributed by atoms with Crippen LogP contribution in [0.5, 0.6) is 5.75 Å². The minimum atomic E-state index is 0.253. The van der Waals surface area contributed by atoms with Crippen LogP contribution in [-0.4, -0.2) is 24.9 Å². The Hall–Kier alpha value is -1.95. The van der Waals surface area contributed by atoms with Gasteiger partial charge in [-0.2, -0.15) is 9.61 Å². The fourth-order valence-electron chi connectivity index (χ4n) is 2.16. The van der Waals surface area contributed by atoms with Crippen LogP contribution in [0.2, 0.25) is 0 Å². The van der Waals surface area contributed by atoms with Gasteiger partial charge in [-0.3, -0.25) is 0 Å². The summed E-state index contributed by atoms with van der Waals surface area (Å²) in [4.78, 5) is 0.790. The van der Waals surface area contributed by atoms with Gasteiger partial charge in [0.1, 0.15) is 5.75 Å². The second kappa shape index (κ2) is 3.77. The lowest BCUT2D eigenvalue weighted by Gasteiger charge is -2.01. The maximum absolute atomic E-state index is 9.96. The van der Waals surface area contributed by atoms with Crippen molar-refractivity contribution in [2.24, 2.45) is 0 Å². The monoisotopic (exact) mass is 272 g/mol. The Labute approximate surface area is 113 Å². The predicted octanol–water partition coefficient (Wildman–Crippen LogP) is 2.74. The number of hydrogen-bond donors (Lipinski definition) is 1. The molecule has 1 aliphatic carbocycles. The van der Waals surface area contributed by atoms with Gasteiger partial charge in [0.25, 0.3) is 0 Å². The summed E-state index contributed by atoms with van der Waals surface area (Å²) in [7, 11) is 0. The summed E-state index contributed by atoms with van der Waals surface area (Å²) in [5.41, 5.74) is 1.86. The Morgan fingerprint density at radius 1 is 1.32 bits per heavy atom. The smallest absolute Gasteiger partial charge is 0.234 e. The lowest BCUT2D eigenvalue weighted by atomic mass is 10.1. The maximum Gasteiger partial charge on any atom is 0.234 e. The Morgan fingerprint density at radius 2 is 2.16 bits per heavy atom. The van der Waals surface area contributed by atoms with E-state index in [2.05, 4.69) is 15.3 Å². The number of nitrogens with zero attached hydrogens (tertiary/aromatic N) is 4. The molecule has 1 fully saturated rings. The van der Waals surface area contributed by atoms with Crippen LogP contribution >= 0.6 is 11.3 Å². The lowest BCUT2D eigenvalue weighted by Crippen LogP contribution is -1.93. The average Bonchev–Trinajstić information content (AvgIpc) is 3.01. The molecule has 0 aliphatic heterocycles. The van der Waals surface area contributed by atoms with Gasteiger partial charge < -0.3 is 5.11 Å². The SMILES string of the molecule is Cc1ccc(O)c(-c2nn3c(C4CC4)nnc3s2)c1. The summed E-state index contributed by atoms with van der Waals surface area (Å²) >= 11 is 1.46. The van der Waals surface area contributed by atoms with Gasteiger partial charge in [0.05, 0.1) is 5.56 Å². The van der Waals surface area contributed by atoms with Crippen molar-refractivity contribution in [1.82, 2.24) is 19.8 Å². The zero-order valence-electron chi connectivity index (χ0n) is 10.4. The predicted molar refractivity (Wildman–Crippen MR) is 72.5 cm³/mol. The third kappa shape index (κ3) is 1.71. The van der Waals surface area contributed by atoms with Crippen LogP contribution in [0.1, 0.15) is 30.1 Å². The zero-order valence-corrected chi connectivity index (χ0v) is 11.2. The van der Waals surface area contributed by atoms with Crippen LogP contribution < -0.4 is 0 Å². The van der Waals surface area contributed by atoms with Crippen LogP contribution in [0.4, 0.5) is 0 Å². The molecule has 19 heavy (non-hydrogen) atoms. The summed E-state index contributed by atoms with van der Waals surface area (Å²) in [5, 5.41) is 23.7. The number of phenolic OH excluding ortho intramolecular Hbond substituents is 1. The molecule has 0 amide bonds. The molecule has 1 aromatic carbocycles. The molecule has 3 aromatic rings. The second-order valence-corrected chi connectivity index (χ2v) is 5.91. The number of aromatic hydroxyl groups is 1. The van der Waals surface area contributed by atoms with E-state index in [4.69, 9.17) is 0 Å². The van der Waals surface area contributed by atoms with Gasteiger partial charge in [-0.25, -0.2) is 0 Å². The highest BCUT2D eigenvalue weighted by Crippen LogP contribution is 2.40. The molecule has 5 nitrogen and oxygen atoms in total. The number of phenols is 1. The largest absolute Gasteiger partial charge is 0.507 e. The van der Waals surface area contributed by atoms with Crippen molar-refractivity contribution in [2.45, 2.75) is 25.7 Å². The van der Waals surface area contributed by atoms with E-state index < -0.39 is 0 Å². The van der Waals surface area contributed by atoms with Crippen molar-refractivity contribution in [1.29, 1.82) is 0 Å². The van der Waals surface area contributed by atoms with Gasteiger partial charge in [-0.15, -0.1) is 10.2 Å². The third-order valence-electron chi connectivity index (χ3n) is 3.34. The van der Waals surface area contributed by atoms with E-state index in [-0.39, 0.29) is 5.75 Å². The van der Waals surface area contributed by atoms with Crippen molar-refractivity contribution >= 4 is 16.3 Å². The highest BCUT2D eigenvalue weighted by Gasteiger charge is 2.30. The Morgan fingerprint density at radius 3 is 2.95 bits per heavy atom. The first-order valence-corrected chi connectivity index (χ1v) is 7.06. The van der Waals surface area contributed by atoms with Crippen molar-refractivity contribution in [3.63, 3.8) is 0 Å². The molecule has 1 saturated carbocycles. The van der Waals surface area contributed by atoms with E-state index in [0.29, 0.717) is 5.92 Å². The minimum Gasteiger partial charge on any atom is -0.507 e. The molecule has 0 bridgehead atoms. The van der Waals surface area contributed by atoms with Gasteiger partial charge in [0.2, 0.25) is 4.96 Å². The van der Waals surface area contributed by atoms with Crippen LogP contribution in [0.25, 0.3) is 15.5 Å². The third-order valence-corrected chi connectivity index (χ3v) is 4.27. The Bertz CT molecular complexity index is 772. The molecular weight excluding hydrogens is 260 g/mol. The standard InChI is InChI=1S/C13H12N4OS/c1-7-2-5-10(18)9(6-7)12-16-17-11(8-3-4-8)14-15-13(17)19-12/h2,5-6,8,18H,3-4H2,1H3. The molecule has 2 heterocycles. The van der Waals surface area contributed by atoms with Gasteiger partial charge in [0.15, 0.2) is 10.8 Å². The molecule has 6 heteroatoms. The van der Waals surface area contributed by atoms with E-state index in [0.717, 1.165) is 26.9 Å². The minimum absolute atomic E-state index is 0.253. The van der Waals surface area contributed by atoms with Gasteiger partial charge in [-0.05, 0) is 31.9 Å². The average molecular weight is 272 g/mol. The van der Waals surface area contributed by atoms with Crippen LogP contribution in [0.15, 0.2) is 18.2 Å². The van der Waals surface area contributed by atoms with E-state index >= 15 is 0 Å². The Kier molecular flexibility index (Phi) is 2.17. The quantitative estimate of drug-likeness (QED) is 0.779. The molecular formula is C13H12N4OS. The molecule has 1 aliphatic rings. The van der Waals surface area contributed by atoms with E-state index in [1.54, 1.807) is 6.07 Å². The highest BCUT2D eigenvalue weighted by atomic mass is 32.1. The van der Waals surface area contributed by atoms with E-state index in [1.165, 1.54) is 24.2 Å². The molecule has 0 atom stereocenters. The molecule has 0 radical (unpaired) electrons. The highest BCUT2D eigenvalue weighted by molar-refractivity contribution is 7.19. The molecule has 1 N–H and O–H groups in total. The summed E-state index contributed by atoms with van der Waals surface area (Å²) in [6.07, 6.45) is 2.34. The van der Waals surface area contributed by atoms with Gasteiger partial charge in [0, 0.05) is 5.92 Å². The number of hydrogen-bond acceptors (Lipinski definition) is 5. The van der Waals surface area contributed by atoms with Crippen molar-refractivity contribution < 1.29 is 5.11 Å². The van der Waals surface area contributed by atoms with Gasteiger partial charge in [-0.1, -0.05) is 23.0 Å². The summed E-state index contributed by atoms with van der Waals surface area (Å²) in [5.74, 6) is 1.71. The topological polar surface area (TPSA) is 63.3 Å². The van der Waals surface area contributed by atoms with Crippen LogP contribution in [0.3, 0.4) is 0 Å². The summed E-state index contributed by atoms with van der Waals surface area (Å²) in [6.45, 7) is 2.00. The van der Waals surface area contributed by atoms with Crippen molar-refractivity contribution in [2.75, 3.05) is 0 Å². The first-order valence-electron chi connectivity index (χ1n) is 6.24. The number of benzene rings is 1. The lowest BCUT2D eigenvalue weighted by molar-refractivity contribution is 0.477. The fourth-order valence-corrected chi connectivity index (χ4v) is 3.03. The van der Waals surface area contributed by atoms with Crippen molar-refractivity contribution in [3.05, 3.63) is 29.6 Å². The molecule has 2 aromatic heterocycles. The number of aryl methyl sites for hydroxylation is 1. The normalized spacial score (nSPS) is 15.2. The molecule has 0 unspecified atom stereocenters. The number of fused-ring (bicyclic) bond motifs is 1. The zero-order chi connectivity index (χ0) is 13.0. The first kappa shape index (κ1) is 10.9. The van der Waals surface area contributed by atoms with Crippen LogP contribution in [0, 0.1) is 6.92 Å². The summed E-state index contributed by atoms with van der Waals surface area (Å²) in [6, 6.07) is 5.53. The Balaban J connectivity index is 1.88. The second-order valence-electron chi connectivity index (χ2n) is 4.95. The fraction of sp³-hybridized carbons (Fsp3) is 0.308. The molecule has 0 spiro atoms. The molecule has 0 saturated heterocycles. The first-order chi connectivity index (χ1) is 9.22.